The number of fused-ring (bicyclic) bond motifs is 1. The number of anilines is 1. The largest absolute Gasteiger partial charge is 0.305 e. The lowest BCUT2D eigenvalue weighted by atomic mass is 10.1. The summed E-state index contributed by atoms with van der Waals surface area (Å²) in [5.41, 5.74) is 1.86. The maximum atomic E-state index is 13.3. The van der Waals surface area contributed by atoms with Crippen molar-refractivity contribution in [3.63, 3.8) is 0 Å². The van der Waals surface area contributed by atoms with Crippen LogP contribution in [-0.2, 0) is 0 Å². The van der Waals surface area contributed by atoms with Gasteiger partial charge in [0.15, 0.2) is 18.0 Å². The molecule has 0 aliphatic carbocycles. The number of hydrogen-bond donors (Lipinski definition) is 1. The van der Waals surface area contributed by atoms with E-state index in [0.29, 0.717) is 17.2 Å². The zero-order chi connectivity index (χ0) is 18.8. The predicted octanol–water partition coefficient (Wildman–Crippen LogP) is 4.89. The topological polar surface area (TPSA) is 72.7 Å². The van der Waals surface area contributed by atoms with Gasteiger partial charge in [0.1, 0.15) is 11.5 Å². The summed E-state index contributed by atoms with van der Waals surface area (Å²) >= 11 is 3.21. The monoisotopic (exact) mass is 443 g/mol. The fourth-order valence-corrected chi connectivity index (χ4v) is 3.23. The highest BCUT2D eigenvalue weighted by atomic mass is 79.9. The predicted molar refractivity (Wildman–Crippen MR) is 107 cm³/mol. The van der Waals surface area contributed by atoms with E-state index in [9.17, 15) is 8.68 Å². The van der Waals surface area contributed by atoms with E-state index in [1.54, 1.807) is 18.3 Å². The number of nitrogens with one attached hydrogen (secondary N) is 1. The second kappa shape index (κ2) is 7.45. The Kier molecular flexibility index (Phi) is 4.87. The zero-order valence-corrected chi connectivity index (χ0v) is 16.0. The molecule has 0 radical (unpaired) electrons. The smallest absolute Gasteiger partial charge is 0.276 e. The molecule has 0 aliphatic heterocycles. The van der Waals surface area contributed by atoms with E-state index in [2.05, 4.69) is 36.3 Å². The average molecular weight is 444 g/mol. The van der Waals surface area contributed by atoms with Crippen LogP contribution in [0.2, 0.25) is 0 Å². The number of hydrogen-bond acceptors (Lipinski definition) is 5. The highest BCUT2D eigenvalue weighted by Gasteiger charge is 2.18. The van der Waals surface area contributed by atoms with Crippen molar-refractivity contribution in [1.82, 2.24) is 19.2 Å². The van der Waals surface area contributed by atoms with Crippen LogP contribution in [0, 0.1) is 0 Å². The van der Waals surface area contributed by atoms with Gasteiger partial charge in [-0.05, 0) is 40.2 Å². The Bertz CT molecular complexity index is 1140. The Balaban J connectivity index is 1.63. The Labute approximate surface area is 166 Å². The number of rotatable bonds is 4. The van der Waals surface area contributed by atoms with Crippen LogP contribution in [0.4, 0.5) is 9.70 Å². The minimum atomic E-state index is -0.515. The van der Waals surface area contributed by atoms with Crippen LogP contribution < -0.4 is 5.32 Å². The summed E-state index contributed by atoms with van der Waals surface area (Å²) in [6.45, 7) is 0. The number of halogens is 2. The van der Waals surface area contributed by atoms with Gasteiger partial charge in [-0.1, -0.05) is 30.3 Å². The molecule has 3 heterocycles. The van der Waals surface area contributed by atoms with Crippen molar-refractivity contribution < 1.29 is 8.68 Å². The summed E-state index contributed by atoms with van der Waals surface area (Å²) in [5, 5.41) is 7.62. The standard InChI is InChI=1S/C18H11BrFN5OS/c19-13-8-12-6-7-16(22-17(12)21-10-13)23-18(26)15-9-14(24-25(15)27-20)11-4-2-1-3-5-11/h1-10H,(H,21,22,23,26). The van der Waals surface area contributed by atoms with Crippen molar-refractivity contribution in [3.8, 4) is 11.3 Å². The molecule has 6 nitrogen and oxygen atoms in total. The van der Waals surface area contributed by atoms with Gasteiger partial charge < -0.3 is 5.32 Å². The maximum Gasteiger partial charge on any atom is 0.276 e. The number of carbonyl (C=O) groups is 1. The van der Waals surface area contributed by atoms with E-state index in [4.69, 9.17) is 0 Å². The number of pyridine rings is 2. The molecular formula is C18H11BrFN5OS. The third-order valence-corrected chi connectivity index (χ3v) is 4.64. The Morgan fingerprint density at radius 1 is 1.15 bits per heavy atom. The van der Waals surface area contributed by atoms with E-state index < -0.39 is 5.91 Å². The Hall–Kier alpha value is -2.78. The average Bonchev–Trinajstić information content (AvgIpc) is 3.13. The summed E-state index contributed by atoms with van der Waals surface area (Å²) in [4.78, 5) is 21.1. The lowest BCUT2D eigenvalue weighted by Gasteiger charge is -2.05. The molecule has 0 aliphatic rings. The number of nitrogens with zero attached hydrogens (tertiary/aromatic N) is 4. The highest BCUT2D eigenvalue weighted by Crippen LogP contribution is 2.23. The molecule has 134 valence electrons. The second-order valence-electron chi connectivity index (χ2n) is 5.57. The molecular weight excluding hydrogens is 433 g/mol. The van der Waals surface area contributed by atoms with Gasteiger partial charge in [0.05, 0.1) is 5.69 Å². The van der Waals surface area contributed by atoms with Crippen LogP contribution in [0.5, 0.6) is 0 Å². The first kappa shape index (κ1) is 17.6. The molecule has 0 atom stereocenters. The van der Waals surface area contributed by atoms with E-state index in [-0.39, 0.29) is 18.0 Å². The van der Waals surface area contributed by atoms with Gasteiger partial charge in [-0.3, -0.25) is 4.79 Å². The normalized spacial score (nSPS) is 10.9. The van der Waals surface area contributed by atoms with Gasteiger partial charge >= 0.3 is 0 Å². The SMILES string of the molecule is O=C(Nc1ccc2cc(Br)cnc2n1)c1cc(-c2ccccc2)nn1SF. The molecule has 0 unspecified atom stereocenters. The van der Waals surface area contributed by atoms with Gasteiger partial charge in [0.2, 0.25) is 0 Å². The lowest BCUT2D eigenvalue weighted by Crippen LogP contribution is -2.16. The lowest BCUT2D eigenvalue weighted by molar-refractivity contribution is 0.102. The van der Waals surface area contributed by atoms with E-state index in [0.717, 1.165) is 19.5 Å². The van der Waals surface area contributed by atoms with E-state index in [1.807, 2.05) is 36.4 Å². The number of amides is 1. The molecule has 4 rings (SSSR count). The van der Waals surface area contributed by atoms with Crippen molar-refractivity contribution in [2.75, 3.05) is 5.32 Å². The third-order valence-electron chi connectivity index (χ3n) is 3.80. The first-order valence-electron chi connectivity index (χ1n) is 7.82. The van der Waals surface area contributed by atoms with Crippen LogP contribution >= 0.6 is 28.3 Å². The van der Waals surface area contributed by atoms with Crippen molar-refractivity contribution in [2.24, 2.45) is 0 Å². The van der Waals surface area contributed by atoms with Crippen molar-refractivity contribution in [3.05, 3.63) is 71.0 Å². The first-order chi connectivity index (χ1) is 13.1. The van der Waals surface area contributed by atoms with Crippen molar-refractivity contribution in [1.29, 1.82) is 0 Å². The van der Waals surface area contributed by atoms with Gasteiger partial charge in [-0.2, -0.15) is 9.19 Å². The fraction of sp³-hybridized carbons (Fsp3) is 0. The number of carbonyl (C=O) groups excluding carboxylic acids is 1. The second-order valence-corrected chi connectivity index (χ2v) is 6.97. The molecule has 0 bridgehead atoms. The zero-order valence-electron chi connectivity index (χ0n) is 13.6. The summed E-state index contributed by atoms with van der Waals surface area (Å²) in [7, 11) is 0. The van der Waals surface area contributed by atoms with Gasteiger partial charge in [0, 0.05) is 21.6 Å². The maximum absolute atomic E-state index is 13.3. The number of benzene rings is 1. The van der Waals surface area contributed by atoms with Crippen LogP contribution in [-0.4, -0.2) is 25.1 Å². The highest BCUT2D eigenvalue weighted by molar-refractivity contribution is 9.10. The van der Waals surface area contributed by atoms with Crippen LogP contribution in [0.3, 0.4) is 0 Å². The van der Waals surface area contributed by atoms with Gasteiger partial charge in [0.25, 0.3) is 5.91 Å². The summed E-state index contributed by atoms with van der Waals surface area (Å²) in [6, 6.07) is 16.1. The van der Waals surface area contributed by atoms with Crippen LogP contribution in [0.25, 0.3) is 22.3 Å². The fourth-order valence-electron chi connectivity index (χ4n) is 2.55. The molecule has 3 aromatic heterocycles. The molecule has 27 heavy (non-hydrogen) atoms. The van der Waals surface area contributed by atoms with E-state index in [1.165, 1.54) is 6.07 Å². The summed E-state index contributed by atoms with van der Waals surface area (Å²) in [5.74, 6) is -0.195. The molecule has 1 amide bonds. The summed E-state index contributed by atoms with van der Waals surface area (Å²) in [6.07, 6.45) is 1.63. The Morgan fingerprint density at radius 3 is 2.74 bits per heavy atom. The minimum Gasteiger partial charge on any atom is -0.305 e. The molecule has 4 aromatic rings. The molecule has 9 heteroatoms. The summed E-state index contributed by atoms with van der Waals surface area (Å²) < 4.78 is 15.0. The third kappa shape index (κ3) is 3.69. The van der Waals surface area contributed by atoms with Crippen molar-refractivity contribution >= 4 is 51.0 Å². The molecule has 0 saturated carbocycles. The molecule has 0 fully saturated rings. The molecule has 1 N–H and O–H groups in total. The van der Waals surface area contributed by atoms with Crippen molar-refractivity contribution in [2.45, 2.75) is 0 Å². The minimum absolute atomic E-state index is 0.0759. The van der Waals surface area contributed by atoms with Crippen LogP contribution in [0.15, 0.2) is 65.3 Å². The number of aromatic nitrogens is 4. The first-order valence-corrected chi connectivity index (χ1v) is 9.29. The molecule has 1 aromatic carbocycles. The van der Waals surface area contributed by atoms with Gasteiger partial charge in [-0.25, -0.2) is 9.97 Å². The molecule has 0 spiro atoms. The van der Waals surface area contributed by atoms with Crippen LogP contribution in [0.1, 0.15) is 10.5 Å². The van der Waals surface area contributed by atoms with E-state index >= 15 is 0 Å². The quantitative estimate of drug-likeness (QED) is 0.486. The van der Waals surface area contributed by atoms with Gasteiger partial charge in [-0.15, -0.1) is 3.89 Å². The Morgan fingerprint density at radius 2 is 1.96 bits per heavy atom. The molecule has 0 saturated heterocycles.